The molecule has 0 unspecified atom stereocenters. The van der Waals surface area contributed by atoms with Crippen LogP contribution in [-0.4, -0.2) is 13.1 Å². The third-order valence-corrected chi connectivity index (χ3v) is 1.49. The molecule has 0 saturated heterocycles. The van der Waals surface area contributed by atoms with Gasteiger partial charge in [-0.15, -0.1) is 0 Å². The van der Waals surface area contributed by atoms with E-state index in [2.05, 4.69) is 18.2 Å². The lowest BCUT2D eigenvalue weighted by Gasteiger charge is -1.95. The van der Waals surface area contributed by atoms with Crippen molar-refractivity contribution in [3.8, 4) is 0 Å². The summed E-state index contributed by atoms with van der Waals surface area (Å²) >= 11 is 0. The van der Waals surface area contributed by atoms with E-state index in [0.717, 1.165) is 19.3 Å². The van der Waals surface area contributed by atoms with E-state index < -0.39 is 0 Å². The zero-order chi connectivity index (χ0) is 9.40. The highest BCUT2D eigenvalue weighted by Gasteiger charge is 2.00. The van der Waals surface area contributed by atoms with Crippen LogP contribution in [0.3, 0.4) is 0 Å². The Labute approximate surface area is 73.9 Å². The van der Waals surface area contributed by atoms with Gasteiger partial charge in [-0.3, -0.25) is 0 Å². The Morgan fingerprint density at radius 1 is 1.58 bits per heavy atom. The largest absolute Gasteiger partial charge is 0.465 e. The van der Waals surface area contributed by atoms with Crippen LogP contribution in [0.2, 0.25) is 0 Å². The zero-order valence-corrected chi connectivity index (χ0v) is 7.80. The van der Waals surface area contributed by atoms with Gasteiger partial charge in [-0.1, -0.05) is 38.5 Å². The van der Waals surface area contributed by atoms with Crippen LogP contribution in [0.4, 0.5) is 0 Å². The molecule has 0 heterocycles. The fourth-order valence-electron chi connectivity index (χ4n) is 0.747. The molecular weight excluding hydrogens is 152 g/mol. The number of unbranched alkanes of at least 4 members (excludes halogenated alkanes) is 2. The molecule has 0 amide bonds. The maximum absolute atomic E-state index is 10.8. The van der Waals surface area contributed by atoms with Crippen molar-refractivity contribution in [1.29, 1.82) is 0 Å². The van der Waals surface area contributed by atoms with Gasteiger partial charge < -0.3 is 4.74 Å². The van der Waals surface area contributed by atoms with Crippen molar-refractivity contribution in [2.45, 2.75) is 26.2 Å². The fourth-order valence-corrected chi connectivity index (χ4v) is 0.747. The number of carbonyl (C=O) groups excluding carboxylic acids is 1. The van der Waals surface area contributed by atoms with Crippen molar-refractivity contribution in [1.82, 2.24) is 0 Å². The summed E-state index contributed by atoms with van der Waals surface area (Å²) in [5.41, 5.74) is 0.411. The van der Waals surface area contributed by atoms with Gasteiger partial charge in [-0.25, -0.2) is 4.79 Å². The summed E-state index contributed by atoms with van der Waals surface area (Å²) in [6.45, 7) is 5.69. The van der Waals surface area contributed by atoms with E-state index in [4.69, 9.17) is 0 Å². The predicted molar refractivity (Wildman–Crippen MR) is 49.8 cm³/mol. The standard InChI is InChI=1S/C10H16O2/c1-4-5-6-7-8-9(2)10(11)12-3/h7-8H,2,4-6H2,1,3H3. The maximum atomic E-state index is 10.8. The molecule has 0 fully saturated rings. The van der Waals surface area contributed by atoms with Crippen LogP contribution >= 0.6 is 0 Å². The van der Waals surface area contributed by atoms with Crippen molar-refractivity contribution in [2.24, 2.45) is 0 Å². The lowest BCUT2D eigenvalue weighted by atomic mass is 10.2. The molecule has 2 nitrogen and oxygen atoms in total. The normalized spacial score (nSPS) is 10.2. The molecule has 0 aromatic heterocycles. The minimum absolute atomic E-state index is 0.359. The lowest BCUT2D eigenvalue weighted by Crippen LogP contribution is -2.00. The van der Waals surface area contributed by atoms with Gasteiger partial charge >= 0.3 is 5.97 Å². The summed E-state index contributed by atoms with van der Waals surface area (Å²) in [6, 6.07) is 0. The highest BCUT2D eigenvalue weighted by Crippen LogP contribution is 2.00. The highest BCUT2D eigenvalue weighted by molar-refractivity contribution is 5.90. The van der Waals surface area contributed by atoms with E-state index >= 15 is 0 Å². The summed E-state index contributed by atoms with van der Waals surface area (Å²) in [5, 5.41) is 0. The first-order chi connectivity index (χ1) is 5.72. The molecule has 0 aromatic carbocycles. The number of esters is 1. The van der Waals surface area contributed by atoms with E-state index in [1.54, 1.807) is 6.08 Å². The monoisotopic (exact) mass is 168 g/mol. The summed E-state index contributed by atoms with van der Waals surface area (Å²) in [7, 11) is 1.35. The van der Waals surface area contributed by atoms with Gasteiger partial charge in [0.25, 0.3) is 0 Å². The first-order valence-electron chi connectivity index (χ1n) is 4.16. The van der Waals surface area contributed by atoms with Gasteiger partial charge in [-0.2, -0.15) is 0 Å². The lowest BCUT2D eigenvalue weighted by molar-refractivity contribution is -0.135. The van der Waals surface area contributed by atoms with Crippen LogP contribution in [0.25, 0.3) is 0 Å². The quantitative estimate of drug-likeness (QED) is 0.273. The van der Waals surface area contributed by atoms with Crippen molar-refractivity contribution >= 4 is 5.97 Å². The highest BCUT2D eigenvalue weighted by atomic mass is 16.5. The molecule has 0 atom stereocenters. The fraction of sp³-hybridized carbons (Fsp3) is 0.500. The van der Waals surface area contributed by atoms with Gasteiger partial charge in [0, 0.05) is 0 Å². The number of allylic oxidation sites excluding steroid dienone is 1. The molecule has 0 rings (SSSR count). The Morgan fingerprint density at radius 2 is 2.25 bits per heavy atom. The second kappa shape index (κ2) is 6.65. The first-order valence-corrected chi connectivity index (χ1v) is 4.16. The second-order valence-electron chi connectivity index (χ2n) is 2.56. The van der Waals surface area contributed by atoms with E-state index in [1.807, 2.05) is 6.08 Å². The van der Waals surface area contributed by atoms with Crippen LogP contribution in [0, 0.1) is 0 Å². The van der Waals surface area contributed by atoms with Crippen LogP contribution in [0.15, 0.2) is 24.3 Å². The van der Waals surface area contributed by atoms with Gasteiger partial charge in [0.15, 0.2) is 0 Å². The predicted octanol–water partition coefficient (Wildman–Crippen LogP) is 2.46. The van der Waals surface area contributed by atoms with Crippen molar-refractivity contribution in [3.05, 3.63) is 24.3 Å². The summed E-state index contributed by atoms with van der Waals surface area (Å²) in [6.07, 6.45) is 6.96. The number of methoxy groups -OCH3 is 1. The summed E-state index contributed by atoms with van der Waals surface area (Å²) in [4.78, 5) is 10.8. The van der Waals surface area contributed by atoms with E-state index in [-0.39, 0.29) is 5.97 Å². The minimum Gasteiger partial charge on any atom is -0.465 e. The third-order valence-electron chi connectivity index (χ3n) is 1.49. The van der Waals surface area contributed by atoms with E-state index in [0.29, 0.717) is 5.57 Å². The van der Waals surface area contributed by atoms with Crippen molar-refractivity contribution < 1.29 is 9.53 Å². The van der Waals surface area contributed by atoms with Gasteiger partial charge in [0.05, 0.1) is 12.7 Å². The molecule has 68 valence electrons. The molecule has 0 spiro atoms. The maximum Gasteiger partial charge on any atom is 0.337 e. The topological polar surface area (TPSA) is 26.3 Å². The number of hydrogen-bond acceptors (Lipinski definition) is 2. The van der Waals surface area contributed by atoms with Gasteiger partial charge in [0.2, 0.25) is 0 Å². The molecule has 0 N–H and O–H groups in total. The van der Waals surface area contributed by atoms with Crippen LogP contribution < -0.4 is 0 Å². The van der Waals surface area contributed by atoms with Gasteiger partial charge in [0.1, 0.15) is 0 Å². The Balaban J connectivity index is 3.68. The van der Waals surface area contributed by atoms with E-state index in [1.165, 1.54) is 7.11 Å². The average molecular weight is 168 g/mol. The first kappa shape index (κ1) is 11.0. The van der Waals surface area contributed by atoms with Crippen LogP contribution in [0.5, 0.6) is 0 Å². The smallest absolute Gasteiger partial charge is 0.337 e. The third kappa shape index (κ3) is 4.72. The molecule has 0 aliphatic carbocycles. The summed E-state index contributed by atoms with van der Waals surface area (Å²) < 4.78 is 4.48. The Hall–Kier alpha value is -1.05. The second-order valence-corrected chi connectivity index (χ2v) is 2.56. The zero-order valence-electron chi connectivity index (χ0n) is 7.80. The molecule has 0 aliphatic rings. The number of ether oxygens (including phenoxy) is 1. The molecule has 12 heavy (non-hydrogen) atoms. The number of carbonyl (C=O) groups is 1. The molecule has 0 bridgehead atoms. The average Bonchev–Trinajstić information content (AvgIpc) is 2.10. The molecule has 0 saturated carbocycles. The summed E-state index contributed by atoms with van der Waals surface area (Å²) in [5.74, 6) is -0.359. The minimum atomic E-state index is -0.359. The van der Waals surface area contributed by atoms with Crippen LogP contribution in [-0.2, 0) is 9.53 Å². The van der Waals surface area contributed by atoms with Crippen LogP contribution in [0.1, 0.15) is 26.2 Å². The SMILES string of the molecule is C=C(C=CCCCC)C(=O)OC. The number of rotatable bonds is 5. The molecular formula is C10H16O2. The van der Waals surface area contributed by atoms with Crippen molar-refractivity contribution in [2.75, 3.05) is 7.11 Å². The number of hydrogen-bond donors (Lipinski definition) is 0. The molecule has 0 radical (unpaired) electrons. The Kier molecular flexibility index (Phi) is 6.07. The Bertz CT molecular complexity index is 180. The molecule has 2 heteroatoms. The van der Waals surface area contributed by atoms with E-state index in [9.17, 15) is 4.79 Å². The Morgan fingerprint density at radius 3 is 2.75 bits per heavy atom. The molecule has 0 aliphatic heterocycles. The molecule has 0 aromatic rings. The van der Waals surface area contributed by atoms with Crippen molar-refractivity contribution in [3.63, 3.8) is 0 Å². The van der Waals surface area contributed by atoms with Gasteiger partial charge in [-0.05, 0) is 6.42 Å².